The average Bonchev–Trinajstić information content (AvgIpc) is 2.85. The van der Waals surface area contributed by atoms with Crippen LogP contribution in [0.4, 0.5) is 5.69 Å². The lowest BCUT2D eigenvalue weighted by atomic mass is 9.85. The van der Waals surface area contributed by atoms with E-state index in [2.05, 4.69) is 5.32 Å². The summed E-state index contributed by atoms with van der Waals surface area (Å²) >= 11 is 5.94. The van der Waals surface area contributed by atoms with Crippen LogP contribution in [-0.4, -0.2) is 36.3 Å². The largest absolute Gasteiger partial charge is 0.495 e. The van der Waals surface area contributed by atoms with Gasteiger partial charge in [-0.15, -0.1) is 0 Å². The minimum Gasteiger partial charge on any atom is -0.495 e. The number of nitrogens with zero attached hydrogens (tertiary/aromatic N) is 1. The van der Waals surface area contributed by atoms with Crippen LogP contribution < -0.4 is 10.1 Å². The van der Waals surface area contributed by atoms with Crippen LogP contribution >= 0.6 is 11.6 Å². The van der Waals surface area contributed by atoms with Crippen molar-refractivity contribution in [2.45, 2.75) is 19.3 Å². The van der Waals surface area contributed by atoms with Gasteiger partial charge < -0.3 is 10.1 Å². The standard InChI is InChI=1S/C18H19ClN2O4/c1-25-15-7-6-11(19)10-14(15)20-16(22)8-9-21-17(23)12-4-2-3-5-13(12)18(21)24/h2-3,6-7,10,12-13H,4-5,8-9H2,1H3,(H,20,22)/t12-,13-/m0/s1. The molecule has 2 atom stereocenters. The molecule has 1 heterocycles. The maximum absolute atomic E-state index is 12.4. The van der Waals surface area contributed by atoms with E-state index in [4.69, 9.17) is 16.3 Å². The van der Waals surface area contributed by atoms with E-state index >= 15 is 0 Å². The van der Waals surface area contributed by atoms with Crippen LogP contribution in [0.3, 0.4) is 0 Å². The first-order chi connectivity index (χ1) is 12.0. The SMILES string of the molecule is COc1ccc(Cl)cc1NC(=O)CCN1C(=O)[C@H]2CC=CC[C@@H]2C1=O. The molecule has 7 heteroatoms. The molecule has 3 rings (SSSR count). The van der Waals surface area contributed by atoms with Crippen molar-refractivity contribution < 1.29 is 19.1 Å². The monoisotopic (exact) mass is 362 g/mol. The van der Waals surface area contributed by atoms with Crippen molar-refractivity contribution >= 4 is 35.0 Å². The minimum atomic E-state index is -0.311. The highest BCUT2D eigenvalue weighted by atomic mass is 35.5. The molecule has 1 aliphatic carbocycles. The topological polar surface area (TPSA) is 75.7 Å². The Kier molecular flexibility index (Phi) is 5.08. The van der Waals surface area contributed by atoms with Crippen LogP contribution in [0.1, 0.15) is 19.3 Å². The smallest absolute Gasteiger partial charge is 0.233 e. The second kappa shape index (κ2) is 7.27. The van der Waals surface area contributed by atoms with Gasteiger partial charge in [0.05, 0.1) is 24.6 Å². The van der Waals surface area contributed by atoms with Crippen molar-refractivity contribution in [3.05, 3.63) is 35.4 Å². The van der Waals surface area contributed by atoms with Crippen LogP contribution in [0, 0.1) is 11.8 Å². The van der Waals surface area contributed by atoms with Crippen molar-refractivity contribution in [3.8, 4) is 5.75 Å². The molecule has 25 heavy (non-hydrogen) atoms. The number of methoxy groups -OCH3 is 1. The normalized spacial score (nSPS) is 22.1. The summed E-state index contributed by atoms with van der Waals surface area (Å²) in [5.41, 5.74) is 0.456. The van der Waals surface area contributed by atoms with Gasteiger partial charge in [0.2, 0.25) is 17.7 Å². The molecule has 1 aromatic carbocycles. The summed E-state index contributed by atoms with van der Waals surface area (Å²) < 4.78 is 5.18. The summed E-state index contributed by atoms with van der Waals surface area (Å²) in [6.07, 6.45) is 5.09. The van der Waals surface area contributed by atoms with Gasteiger partial charge in [-0.2, -0.15) is 0 Å². The zero-order chi connectivity index (χ0) is 18.0. The predicted molar refractivity (Wildman–Crippen MR) is 93.3 cm³/mol. The Morgan fingerprint density at radius 2 is 1.88 bits per heavy atom. The number of likely N-dealkylation sites (tertiary alicyclic amines) is 1. The number of amides is 3. The second-order valence-corrected chi connectivity index (χ2v) is 6.56. The van der Waals surface area contributed by atoms with E-state index in [1.807, 2.05) is 12.2 Å². The zero-order valence-electron chi connectivity index (χ0n) is 13.8. The van der Waals surface area contributed by atoms with Gasteiger partial charge in [-0.25, -0.2) is 0 Å². The third-order valence-corrected chi connectivity index (χ3v) is 4.83. The minimum absolute atomic E-state index is 0.0278. The van der Waals surface area contributed by atoms with E-state index < -0.39 is 0 Å². The quantitative estimate of drug-likeness (QED) is 0.645. The van der Waals surface area contributed by atoms with Crippen molar-refractivity contribution in [3.63, 3.8) is 0 Å². The zero-order valence-corrected chi connectivity index (χ0v) is 14.6. The number of hydrogen-bond donors (Lipinski definition) is 1. The van der Waals surface area contributed by atoms with Crippen molar-refractivity contribution in [2.75, 3.05) is 19.0 Å². The number of nitrogens with one attached hydrogen (secondary N) is 1. The van der Waals surface area contributed by atoms with Gasteiger partial charge in [-0.1, -0.05) is 23.8 Å². The first-order valence-electron chi connectivity index (χ1n) is 8.15. The lowest BCUT2D eigenvalue weighted by Crippen LogP contribution is -2.34. The molecule has 0 radical (unpaired) electrons. The Morgan fingerprint density at radius 3 is 2.48 bits per heavy atom. The first kappa shape index (κ1) is 17.5. The van der Waals surface area contributed by atoms with Crippen LogP contribution in [0.5, 0.6) is 5.75 Å². The van der Waals surface area contributed by atoms with Crippen molar-refractivity contribution in [1.29, 1.82) is 0 Å². The molecule has 1 fully saturated rings. The summed E-state index contributed by atoms with van der Waals surface area (Å²) in [5, 5.41) is 3.18. The molecule has 0 unspecified atom stereocenters. The van der Waals surface area contributed by atoms with Gasteiger partial charge >= 0.3 is 0 Å². The van der Waals surface area contributed by atoms with Crippen LogP contribution in [0.2, 0.25) is 5.02 Å². The molecule has 0 aromatic heterocycles. The highest BCUT2D eigenvalue weighted by molar-refractivity contribution is 6.31. The molecule has 0 saturated carbocycles. The third-order valence-electron chi connectivity index (χ3n) is 4.60. The Bertz CT molecular complexity index is 721. The van der Waals surface area contributed by atoms with Gasteiger partial charge in [0.1, 0.15) is 5.75 Å². The summed E-state index contributed by atoms with van der Waals surface area (Å²) in [4.78, 5) is 38.2. The molecule has 1 saturated heterocycles. The van der Waals surface area contributed by atoms with E-state index in [1.165, 1.54) is 12.0 Å². The highest BCUT2D eigenvalue weighted by Crippen LogP contribution is 2.35. The molecule has 2 aliphatic rings. The van der Waals surface area contributed by atoms with Gasteiger partial charge in [0.15, 0.2) is 0 Å². The van der Waals surface area contributed by atoms with Crippen LogP contribution in [-0.2, 0) is 14.4 Å². The van der Waals surface area contributed by atoms with Gasteiger partial charge in [0.25, 0.3) is 0 Å². The Labute approximate surface area is 150 Å². The predicted octanol–water partition coefficient (Wildman–Crippen LogP) is 2.63. The van der Waals surface area contributed by atoms with E-state index in [-0.39, 0.29) is 42.5 Å². The van der Waals surface area contributed by atoms with Crippen molar-refractivity contribution in [1.82, 2.24) is 4.90 Å². The van der Waals surface area contributed by atoms with Crippen LogP contribution in [0.15, 0.2) is 30.4 Å². The number of benzene rings is 1. The van der Waals surface area contributed by atoms with E-state index in [0.29, 0.717) is 29.3 Å². The number of rotatable bonds is 5. The summed E-state index contributed by atoms with van der Waals surface area (Å²) in [7, 11) is 1.50. The summed E-state index contributed by atoms with van der Waals surface area (Å²) in [5.74, 6) is -0.709. The lowest BCUT2D eigenvalue weighted by molar-refractivity contribution is -0.140. The molecule has 6 nitrogen and oxygen atoms in total. The van der Waals surface area contributed by atoms with Gasteiger partial charge in [-0.05, 0) is 31.0 Å². The number of carbonyl (C=O) groups excluding carboxylic acids is 3. The van der Waals surface area contributed by atoms with E-state index in [0.717, 1.165) is 0 Å². The molecule has 132 valence electrons. The Hall–Kier alpha value is -2.34. The first-order valence-corrected chi connectivity index (χ1v) is 8.52. The number of fused-ring (bicyclic) bond motifs is 1. The summed E-state index contributed by atoms with van der Waals surface area (Å²) in [6.45, 7) is 0.0827. The Balaban J connectivity index is 1.60. The van der Waals surface area contributed by atoms with Crippen molar-refractivity contribution in [2.24, 2.45) is 11.8 Å². The Morgan fingerprint density at radius 1 is 1.24 bits per heavy atom. The van der Waals surface area contributed by atoms with E-state index in [1.54, 1.807) is 18.2 Å². The van der Waals surface area contributed by atoms with Crippen LogP contribution in [0.25, 0.3) is 0 Å². The maximum atomic E-state index is 12.4. The molecule has 1 aliphatic heterocycles. The van der Waals surface area contributed by atoms with E-state index in [9.17, 15) is 14.4 Å². The lowest BCUT2D eigenvalue weighted by Gasteiger charge is -2.15. The van der Waals surface area contributed by atoms with Gasteiger partial charge in [0, 0.05) is 18.0 Å². The molecular weight excluding hydrogens is 344 g/mol. The summed E-state index contributed by atoms with van der Waals surface area (Å²) in [6, 6.07) is 4.90. The number of ether oxygens (including phenoxy) is 1. The van der Waals surface area contributed by atoms with Gasteiger partial charge in [-0.3, -0.25) is 19.3 Å². The fourth-order valence-corrected chi connectivity index (χ4v) is 3.47. The maximum Gasteiger partial charge on any atom is 0.233 e. The molecule has 1 N–H and O–H groups in total. The molecular formula is C18H19ClN2O4. The molecule has 0 bridgehead atoms. The number of hydrogen-bond acceptors (Lipinski definition) is 4. The third kappa shape index (κ3) is 3.54. The number of allylic oxidation sites excluding steroid dienone is 2. The fraction of sp³-hybridized carbons (Fsp3) is 0.389. The average molecular weight is 363 g/mol. The molecule has 1 aromatic rings. The fourth-order valence-electron chi connectivity index (χ4n) is 3.29. The second-order valence-electron chi connectivity index (χ2n) is 6.13. The number of carbonyl (C=O) groups is 3. The number of imide groups is 1. The number of anilines is 1. The highest BCUT2D eigenvalue weighted by Gasteiger charge is 2.46. The molecule has 3 amide bonds. The number of halogens is 1. The molecule has 0 spiro atoms.